The SMILES string of the molecule is c1cc(-c2ccc3oc4cc5c(cc4c3c2)oc2ccccc25)cc(-c2ccc3oc4c(ccc5oc6ccccc6c54)c3c2)c1. The third-order valence-corrected chi connectivity index (χ3v) is 9.48. The first-order valence-corrected chi connectivity index (χ1v) is 15.4. The smallest absolute Gasteiger partial charge is 0.147 e. The largest absolute Gasteiger partial charge is 0.456 e. The Labute approximate surface area is 260 Å². The third kappa shape index (κ3) is 3.27. The van der Waals surface area contributed by atoms with Crippen molar-refractivity contribution in [3.63, 3.8) is 0 Å². The molecule has 46 heavy (non-hydrogen) atoms. The molecule has 0 unspecified atom stereocenters. The second-order valence-corrected chi connectivity index (χ2v) is 12.1. The molecule has 0 N–H and O–H groups in total. The van der Waals surface area contributed by atoms with Gasteiger partial charge in [-0.1, -0.05) is 66.7 Å². The van der Waals surface area contributed by atoms with E-state index in [0.717, 1.165) is 110 Å². The van der Waals surface area contributed by atoms with Crippen molar-refractivity contribution in [1.82, 2.24) is 0 Å². The van der Waals surface area contributed by atoms with Gasteiger partial charge in [-0.2, -0.15) is 0 Å². The molecule has 0 aliphatic heterocycles. The Morgan fingerprint density at radius 1 is 0.261 bits per heavy atom. The number of hydrogen-bond donors (Lipinski definition) is 0. The zero-order chi connectivity index (χ0) is 29.9. The molecule has 11 rings (SSSR count). The molecule has 0 atom stereocenters. The molecule has 0 bridgehead atoms. The molecule has 4 heterocycles. The minimum atomic E-state index is 0.838. The Kier molecular flexibility index (Phi) is 4.55. The first-order valence-electron chi connectivity index (χ1n) is 15.4. The van der Waals surface area contributed by atoms with E-state index in [4.69, 9.17) is 17.7 Å². The van der Waals surface area contributed by atoms with Crippen molar-refractivity contribution >= 4 is 87.8 Å². The summed E-state index contributed by atoms with van der Waals surface area (Å²) in [5.74, 6) is 0. The van der Waals surface area contributed by atoms with E-state index in [-0.39, 0.29) is 0 Å². The predicted octanol–water partition coefficient (Wildman–Crippen LogP) is 12.6. The van der Waals surface area contributed by atoms with E-state index in [9.17, 15) is 0 Å². The molecule has 0 radical (unpaired) electrons. The molecule has 0 aliphatic carbocycles. The maximum Gasteiger partial charge on any atom is 0.147 e. The lowest BCUT2D eigenvalue weighted by atomic mass is 9.97. The first-order chi connectivity index (χ1) is 22.7. The number of furan rings is 4. The number of hydrogen-bond acceptors (Lipinski definition) is 4. The fourth-order valence-electron chi connectivity index (χ4n) is 7.27. The van der Waals surface area contributed by atoms with E-state index in [1.807, 2.05) is 36.4 Å². The van der Waals surface area contributed by atoms with E-state index in [0.29, 0.717) is 0 Å². The molecular formula is C42H22O4. The number of benzene rings is 7. The highest BCUT2D eigenvalue weighted by atomic mass is 16.3. The van der Waals surface area contributed by atoms with Crippen LogP contribution in [0.15, 0.2) is 151 Å². The fraction of sp³-hybridized carbons (Fsp3) is 0. The van der Waals surface area contributed by atoms with Crippen LogP contribution in [0.4, 0.5) is 0 Å². The Hall–Kier alpha value is -6.26. The minimum Gasteiger partial charge on any atom is -0.456 e. The molecule has 4 nitrogen and oxygen atoms in total. The van der Waals surface area contributed by atoms with Crippen LogP contribution in [-0.2, 0) is 0 Å². The highest BCUT2D eigenvalue weighted by Crippen LogP contribution is 2.41. The van der Waals surface area contributed by atoms with Crippen LogP contribution in [0, 0.1) is 0 Å². The Morgan fingerprint density at radius 2 is 0.761 bits per heavy atom. The summed E-state index contributed by atoms with van der Waals surface area (Å²) in [4.78, 5) is 0. The van der Waals surface area contributed by atoms with Gasteiger partial charge in [-0.25, -0.2) is 0 Å². The highest BCUT2D eigenvalue weighted by molar-refractivity contribution is 6.22. The van der Waals surface area contributed by atoms with Crippen molar-refractivity contribution in [2.24, 2.45) is 0 Å². The zero-order valence-corrected chi connectivity index (χ0v) is 24.3. The summed E-state index contributed by atoms with van der Waals surface area (Å²) in [6, 6.07) is 46.2. The van der Waals surface area contributed by atoms with Crippen LogP contribution in [-0.4, -0.2) is 0 Å². The second-order valence-electron chi connectivity index (χ2n) is 12.1. The molecule has 0 aliphatic rings. The Morgan fingerprint density at radius 3 is 1.50 bits per heavy atom. The summed E-state index contributed by atoms with van der Waals surface area (Å²) in [5.41, 5.74) is 11.5. The summed E-state index contributed by atoms with van der Waals surface area (Å²) in [7, 11) is 0. The van der Waals surface area contributed by atoms with Crippen molar-refractivity contribution in [2.45, 2.75) is 0 Å². The fourth-order valence-corrected chi connectivity index (χ4v) is 7.27. The molecule has 214 valence electrons. The summed E-state index contributed by atoms with van der Waals surface area (Å²) < 4.78 is 25.1. The van der Waals surface area contributed by atoms with Crippen molar-refractivity contribution in [2.75, 3.05) is 0 Å². The van der Waals surface area contributed by atoms with Crippen molar-refractivity contribution < 1.29 is 17.7 Å². The van der Waals surface area contributed by atoms with Gasteiger partial charge in [-0.3, -0.25) is 0 Å². The standard InChI is InChI=1S/C42H22O4/c1-3-10-34-27(8-1)32-21-40-33(22-39(32)44-34)31-20-26(12-15-36(31)45-40)24-7-5-6-23(18-24)25-13-16-37-30(19-25)28-14-17-38-41(42(28)46-37)29-9-2-4-11-35(29)43-38/h1-22H. The van der Waals surface area contributed by atoms with Crippen LogP contribution >= 0.6 is 0 Å². The van der Waals surface area contributed by atoms with Crippen LogP contribution < -0.4 is 0 Å². The van der Waals surface area contributed by atoms with Crippen LogP contribution in [0.25, 0.3) is 110 Å². The molecule has 0 saturated heterocycles. The molecule has 0 saturated carbocycles. The number of fused-ring (bicyclic) bond motifs is 13. The van der Waals surface area contributed by atoms with Crippen LogP contribution in [0.5, 0.6) is 0 Å². The van der Waals surface area contributed by atoms with E-state index >= 15 is 0 Å². The van der Waals surface area contributed by atoms with E-state index < -0.39 is 0 Å². The first kappa shape index (κ1) is 24.1. The average molecular weight is 591 g/mol. The second kappa shape index (κ2) is 8.68. The quantitative estimate of drug-likeness (QED) is 0.201. The lowest BCUT2D eigenvalue weighted by molar-refractivity contribution is 0.663. The lowest BCUT2D eigenvalue weighted by Gasteiger charge is -2.07. The van der Waals surface area contributed by atoms with Crippen molar-refractivity contribution in [3.8, 4) is 22.3 Å². The predicted molar refractivity (Wildman–Crippen MR) is 186 cm³/mol. The van der Waals surface area contributed by atoms with E-state index in [2.05, 4.69) is 97.1 Å². The van der Waals surface area contributed by atoms with E-state index in [1.54, 1.807) is 0 Å². The Balaban J connectivity index is 1.04. The normalized spacial score (nSPS) is 12.3. The molecule has 4 heteroatoms. The zero-order valence-electron chi connectivity index (χ0n) is 24.3. The van der Waals surface area contributed by atoms with Gasteiger partial charge >= 0.3 is 0 Å². The Bertz CT molecular complexity index is 3030. The van der Waals surface area contributed by atoms with Crippen molar-refractivity contribution in [3.05, 3.63) is 133 Å². The molecular weight excluding hydrogens is 568 g/mol. The highest BCUT2D eigenvalue weighted by Gasteiger charge is 2.17. The van der Waals surface area contributed by atoms with Gasteiger partial charge < -0.3 is 17.7 Å². The van der Waals surface area contributed by atoms with Gasteiger partial charge in [0.15, 0.2) is 0 Å². The lowest BCUT2D eigenvalue weighted by Crippen LogP contribution is -1.82. The van der Waals surface area contributed by atoms with Gasteiger partial charge in [0.2, 0.25) is 0 Å². The number of para-hydroxylation sites is 2. The molecule has 0 amide bonds. The molecule has 4 aromatic heterocycles. The minimum absolute atomic E-state index is 0.838. The van der Waals surface area contributed by atoms with Crippen molar-refractivity contribution in [1.29, 1.82) is 0 Å². The topological polar surface area (TPSA) is 52.6 Å². The molecule has 0 fully saturated rings. The number of rotatable bonds is 2. The molecule has 0 spiro atoms. The van der Waals surface area contributed by atoms with Gasteiger partial charge in [0.25, 0.3) is 0 Å². The monoisotopic (exact) mass is 590 g/mol. The van der Waals surface area contributed by atoms with Gasteiger partial charge in [0.1, 0.15) is 44.7 Å². The van der Waals surface area contributed by atoms with E-state index in [1.165, 1.54) is 0 Å². The summed E-state index contributed by atoms with van der Waals surface area (Å²) in [6.45, 7) is 0. The molecule has 7 aromatic carbocycles. The van der Waals surface area contributed by atoms with Gasteiger partial charge in [0, 0.05) is 37.7 Å². The third-order valence-electron chi connectivity index (χ3n) is 9.48. The van der Waals surface area contributed by atoms with Crippen LogP contribution in [0.2, 0.25) is 0 Å². The average Bonchev–Trinajstić information content (AvgIpc) is 3.86. The maximum absolute atomic E-state index is 6.45. The summed E-state index contributed by atoms with van der Waals surface area (Å²) >= 11 is 0. The van der Waals surface area contributed by atoms with Gasteiger partial charge in [-0.15, -0.1) is 0 Å². The molecule has 11 aromatic rings. The maximum atomic E-state index is 6.45. The summed E-state index contributed by atoms with van der Waals surface area (Å²) in [6.07, 6.45) is 0. The van der Waals surface area contributed by atoms with Gasteiger partial charge in [-0.05, 0) is 89.0 Å². The van der Waals surface area contributed by atoms with Crippen LogP contribution in [0.3, 0.4) is 0 Å². The van der Waals surface area contributed by atoms with Crippen LogP contribution in [0.1, 0.15) is 0 Å². The summed E-state index contributed by atoms with van der Waals surface area (Å²) in [5, 5.41) is 8.56. The van der Waals surface area contributed by atoms with Gasteiger partial charge in [0.05, 0.1) is 5.39 Å².